The zero-order chi connectivity index (χ0) is 16.8. The number of piperidine rings is 1. The molecule has 128 valence electrons. The first-order valence-electron chi connectivity index (χ1n) is 8.43. The molecule has 1 aromatic heterocycles. The minimum Gasteiger partial charge on any atom is -0.324 e. The normalized spacial score (nSPS) is 16.7. The van der Waals surface area contributed by atoms with E-state index in [1.807, 2.05) is 40.8 Å². The van der Waals surface area contributed by atoms with Crippen molar-refractivity contribution in [3.8, 4) is 0 Å². The van der Waals surface area contributed by atoms with E-state index in [1.54, 1.807) is 6.20 Å². The zero-order valence-corrected chi connectivity index (χ0v) is 14.8. The van der Waals surface area contributed by atoms with Gasteiger partial charge in [-0.1, -0.05) is 19.1 Å². The molecular weight excluding hydrogens is 320 g/mol. The minimum atomic E-state index is -0.608. The van der Waals surface area contributed by atoms with Crippen molar-refractivity contribution in [1.82, 2.24) is 15.1 Å². The van der Waals surface area contributed by atoms with Crippen LogP contribution in [0.4, 0.5) is 5.69 Å². The number of carbonyl (C=O) groups is 1. The van der Waals surface area contributed by atoms with Crippen LogP contribution in [0.2, 0.25) is 0 Å². The summed E-state index contributed by atoms with van der Waals surface area (Å²) in [5.41, 5.74) is 1.49. The highest BCUT2D eigenvalue weighted by Crippen LogP contribution is 2.29. The van der Waals surface area contributed by atoms with Crippen molar-refractivity contribution in [2.75, 3.05) is 24.2 Å². The second-order valence-electron chi connectivity index (χ2n) is 6.02. The molecule has 0 bridgehead atoms. The average molecular weight is 344 g/mol. The van der Waals surface area contributed by atoms with Gasteiger partial charge in [0.05, 0.1) is 0 Å². The number of rotatable bonds is 6. The molecule has 2 N–H and O–H groups in total. The van der Waals surface area contributed by atoms with Crippen molar-refractivity contribution < 1.29 is 4.79 Å². The summed E-state index contributed by atoms with van der Waals surface area (Å²) in [6.07, 6.45) is 5.11. The van der Waals surface area contributed by atoms with Crippen molar-refractivity contribution in [2.24, 2.45) is 0 Å². The topological polar surface area (TPSA) is 59.0 Å². The molecule has 0 radical (unpaired) electrons. The number of thioether (sulfide) groups is 1. The second kappa shape index (κ2) is 7.85. The van der Waals surface area contributed by atoms with Gasteiger partial charge < -0.3 is 10.6 Å². The van der Waals surface area contributed by atoms with Crippen LogP contribution >= 0.6 is 11.8 Å². The molecule has 0 aliphatic carbocycles. The molecule has 0 saturated carbocycles. The molecule has 1 aliphatic heterocycles. The quantitative estimate of drug-likeness (QED) is 0.846. The van der Waals surface area contributed by atoms with E-state index in [-0.39, 0.29) is 5.91 Å². The number of nitrogens with zero attached hydrogens (tertiary/aromatic N) is 2. The molecule has 24 heavy (non-hydrogen) atoms. The maximum atomic E-state index is 13.1. The Morgan fingerprint density at radius 2 is 2.21 bits per heavy atom. The maximum Gasteiger partial charge on any atom is 0.252 e. The van der Waals surface area contributed by atoms with Gasteiger partial charge in [-0.05, 0) is 55.4 Å². The number of anilines is 1. The standard InChI is InChI=1S/C18H24N4OS/c1-2-24-14-15-5-3-6-16(13-15)21-17(23)18(7-10-19-11-8-18)22-12-4-9-20-22/h3-6,9,12-13,19H,2,7-8,10-11,14H2,1H3,(H,21,23). The predicted molar refractivity (Wildman–Crippen MR) is 99.2 cm³/mol. The van der Waals surface area contributed by atoms with Crippen molar-refractivity contribution in [3.63, 3.8) is 0 Å². The predicted octanol–water partition coefficient (Wildman–Crippen LogP) is 2.85. The molecule has 2 aromatic rings. The third kappa shape index (κ3) is 3.65. The number of amides is 1. The SMILES string of the molecule is CCSCc1cccc(NC(=O)C2(n3cccn3)CCNCC2)c1. The Balaban J connectivity index is 1.79. The van der Waals surface area contributed by atoms with Crippen LogP contribution in [0.25, 0.3) is 0 Å². The van der Waals surface area contributed by atoms with Crippen molar-refractivity contribution in [3.05, 3.63) is 48.3 Å². The van der Waals surface area contributed by atoms with Crippen LogP contribution in [-0.2, 0) is 16.1 Å². The van der Waals surface area contributed by atoms with Gasteiger partial charge in [0, 0.05) is 23.8 Å². The van der Waals surface area contributed by atoms with E-state index in [2.05, 4.69) is 34.8 Å². The van der Waals surface area contributed by atoms with Gasteiger partial charge in [0.2, 0.25) is 0 Å². The van der Waals surface area contributed by atoms with E-state index in [0.29, 0.717) is 0 Å². The van der Waals surface area contributed by atoms with Gasteiger partial charge in [0.15, 0.2) is 0 Å². The molecule has 2 heterocycles. The van der Waals surface area contributed by atoms with Gasteiger partial charge >= 0.3 is 0 Å². The van der Waals surface area contributed by atoms with Crippen LogP contribution < -0.4 is 10.6 Å². The van der Waals surface area contributed by atoms with Crippen LogP contribution in [-0.4, -0.2) is 34.5 Å². The lowest BCUT2D eigenvalue weighted by Crippen LogP contribution is -2.52. The lowest BCUT2D eigenvalue weighted by Gasteiger charge is -2.36. The van der Waals surface area contributed by atoms with Crippen molar-refractivity contribution in [2.45, 2.75) is 31.1 Å². The fourth-order valence-electron chi connectivity index (χ4n) is 3.13. The first-order valence-corrected chi connectivity index (χ1v) is 9.59. The van der Waals surface area contributed by atoms with Crippen LogP contribution in [0.15, 0.2) is 42.7 Å². The highest BCUT2D eigenvalue weighted by Gasteiger charge is 2.42. The lowest BCUT2D eigenvalue weighted by atomic mass is 9.87. The Bertz CT molecular complexity index is 665. The zero-order valence-electron chi connectivity index (χ0n) is 14.0. The number of aromatic nitrogens is 2. The first kappa shape index (κ1) is 17.0. The molecule has 0 unspecified atom stereocenters. The van der Waals surface area contributed by atoms with Gasteiger partial charge in [-0.25, -0.2) is 0 Å². The Kier molecular flexibility index (Phi) is 5.58. The molecule has 0 atom stereocenters. The summed E-state index contributed by atoms with van der Waals surface area (Å²) in [6, 6.07) is 10.0. The summed E-state index contributed by atoms with van der Waals surface area (Å²) in [5, 5.41) is 10.8. The third-order valence-electron chi connectivity index (χ3n) is 4.45. The van der Waals surface area contributed by atoms with Crippen LogP contribution in [0.5, 0.6) is 0 Å². The number of carbonyl (C=O) groups excluding carboxylic acids is 1. The van der Waals surface area contributed by atoms with E-state index in [1.165, 1.54) is 5.56 Å². The molecule has 3 rings (SSSR count). The van der Waals surface area contributed by atoms with Crippen LogP contribution in [0.3, 0.4) is 0 Å². The van der Waals surface area contributed by atoms with E-state index in [4.69, 9.17) is 0 Å². The monoisotopic (exact) mass is 344 g/mol. The largest absolute Gasteiger partial charge is 0.324 e. The fourth-order valence-corrected chi connectivity index (χ4v) is 3.75. The van der Waals surface area contributed by atoms with Crippen molar-refractivity contribution in [1.29, 1.82) is 0 Å². The average Bonchev–Trinajstić information content (AvgIpc) is 3.16. The van der Waals surface area contributed by atoms with Crippen molar-refractivity contribution >= 4 is 23.4 Å². The van der Waals surface area contributed by atoms with E-state index < -0.39 is 5.54 Å². The maximum absolute atomic E-state index is 13.1. The molecule has 0 spiro atoms. The van der Waals surface area contributed by atoms with Crippen LogP contribution in [0.1, 0.15) is 25.3 Å². The minimum absolute atomic E-state index is 0.0213. The van der Waals surface area contributed by atoms with Gasteiger partial charge in [0.1, 0.15) is 5.54 Å². The highest BCUT2D eigenvalue weighted by atomic mass is 32.2. The highest BCUT2D eigenvalue weighted by molar-refractivity contribution is 7.98. The molecule has 1 fully saturated rings. The van der Waals surface area contributed by atoms with E-state index in [9.17, 15) is 4.79 Å². The van der Waals surface area contributed by atoms with Gasteiger partial charge in [0.25, 0.3) is 5.91 Å². The number of hydrogen-bond acceptors (Lipinski definition) is 4. The molecule has 1 amide bonds. The number of benzene rings is 1. The van der Waals surface area contributed by atoms with Crippen LogP contribution in [0, 0.1) is 0 Å². The second-order valence-corrected chi connectivity index (χ2v) is 7.30. The lowest BCUT2D eigenvalue weighted by molar-refractivity contribution is -0.126. The molecule has 6 heteroatoms. The molecular formula is C18H24N4OS. The molecule has 1 aromatic carbocycles. The third-order valence-corrected chi connectivity index (χ3v) is 5.40. The van der Waals surface area contributed by atoms with E-state index in [0.717, 1.165) is 43.1 Å². The Morgan fingerprint density at radius 1 is 1.38 bits per heavy atom. The van der Waals surface area contributed by atoms with Gasteiger partial charge in [-0.3, -0.25) is 9.48 Å². The molecule has 1 aliphatic rings. The summed E-state index contributed by atoms with van der Waals surface area (Å²) in [7, 11) is 0. The Morgan fingerprint density at radius 3 is 2.92 bits per heavy atom. The summed E-state index contributed by atoms with van der Waals surface area (Å²) >= 11 is 1.88. The summed E-state index contributed by atoms with van der Waals surface area (Å²) in [6.45, 7) is 3.79. The molecule has 5 nitrogen and oxygen atoms in total. The number of hydrogen-bond donors (Lipinski definition) is 2. The first-order chi connectivity index (χ1) is 11.7. The molecule has 1 saturated heterocycles. The summed E-state index contributed by atoms with van der Waals surface area (Å²) in [4.78, 5) is 13.1. The Hall–Kier alpha value is -1.79. The smallest absolute Gasteiger partial charge is 0.252 e. The Labute approximate surface area is 147 Å². The summed E-state index contributed by atoms with van der Waals surface area (Å²) < 4.78 is 1.82. The fraction of sp³-hybridized carbons (Fsp3) is 0.444. The van der Waals surface area contributed by atoms with E-state index >= 15 is 0 Å². The number of nitrogens with one attached hydrogen (secondary N) is 2. The summed E-state index contributed by atoms with van der Waals surface area (Å²) in [5.74, 6) is 2.08. The van der Waals surface area contributed by atoms with Gasteiger partial charge in [-0.2, -0.15) is 16.9 Å². The van der Waals surface area contributed by atoms with Gasteiger partial charge in [-0.15, -0.1) is 0 Å².